The maximum absolute atomic E-state index is 9.23. The standard InChI is InChI=1S/C19H21N3O/c1-15(2)19(3,14-20)22-21-17-9-11-18(12-10-17)23-13-16-7-5-4-6-8-16/h4-12,15H,13H2,1-3H3/b22-21+. The van der Waals surface area contributed by atoms with E-state index < -0.39 is 5.54 Å². The van der Waals surface area contributed by atoms with Gasteiger partial charge in [-0.3, -0.25) is 0 Å². The largest absolute Gasteiger partial charge is 0.489 e. The van der Waals surface area contributed by atoms with Gasteiger partial charge in [-0.2, -0.15) is 15.5 Å². The number of ether oxygens (including phenoxy) is 1. The average molecular weight is 307 g/mol. The predicted octanol–water partition coefficient (Wildman–Crippen LogP) is 5.29. The monoisotopic (exact) mass is 307 g/mol. The Morgan fingerprint density at radius 3 is 2.30 bits per heavy atom. The molecule has 0 heterocycles. The third kappa shape index (κ3) is 4.65. The minimum absolute atomic E-state index is 0.102. The summed E-state index contributed by atoms with van der Waals surface area (Å²) >= 11 is 0. The SMILES string of the molecule is CC(C)C(C)(C#N)/N=N/c1ccc(OCc2ccccc2)cc1. The first-order valence-electron chi connectivity index (χ1n) is 7.64. The van der Waals surface area contributed by atoms with Crippen molar-refractivity contribution in [1.82, 2.24) is 0 Å². The fourth-order valence-electron chi connectivity index (χ4n) is 1.78. The van der Waals surface area contributed by atoms with E-state index in [1.165, 1.54) is 0 Å². The minimum atomic E-state index is -0.803. The van der Waals surface area contributed by atoms with Crippen molar-refractivity contribution >= 4 is 5.69 Å². The number of nitriles is 1. The van der Waals surface area contributed by atoms with Crippen LogP contribution in [0.2, 0.25) is 0 Å². The Balaban J connectivity index is 1.98. The molecule has 0 bridgehead atoms. The van der Waals surface area contributed by atoms with Gasteiger partial charge in [0.1, 0.15) is 12.4 Å². The first-order chi connectivity index (χ1) is 11.0. The Hall–Kier alpha value is -2.67. The van der Waals surface area contributed by atoms with Crippen molar-refractivity contribution in [2.75, 3.05) is 0 Å². The van der Waals surface area contributed by atoms with Crippen molar-refractivity contribution in [2.24, 2.45) is 16.1 Å². The van der Waals surface area contributed by atoms with Gasteiger partial charge in [0.15, 0.2) is 5.54 Å². The van der Waals surface area contributed by atoms with Crippen LogP contribution in [0.15, 0.2) is 64.8 Å². The molecular formula is C19H21N3O. The van der Waals surface area contributed by atoms with Crippen LogP contribution in [0.5, 0.6) is 5.75 Å². The summed E-state index contributed by atoms with van der Waals surface area (Å²) in [5.74, 6) is 0.879. The molecular weight excluding hydrogens is 286 g/mol. The second kappa shape index (κ2) is 7.55. The lowest BCUT2D eigenvalue weighted by molar-refractivity contribution is 0.306. The normalized spacial score (nSPS) is 13.7. The number of hydrogen-bond acceptors (Lipinski definition) is 4. The molecule has 2 aromatic rings. The highest BCUT2D eigenvalue weighted by atomic mass is 16.5. The van der Waals surface area contributed by atoms with Gasteiger partial charge in [0.25, 0.3) is 0 Å². The van der Waals surface area contributed by atoms with Crippen LogP contribution in [0.25, 0.3) is 0 Å². The molecule has 1 atom stereocenters. The molecule has 0 saturated heterocycles. The van der Waals surface area contributed by atoms with Gasteiger partial charge in [-0.15, -0.1) is 0 Å². The summed E-state index contributed by atoms with van der Waals surface area (Å²) < 4.78 is 5.73. The van der Waals surface area contributed by atoms with E-state index in [9.17, 15) is 5.26 Å². The highest BCUT2D eigenvalue weighted by molar-refractivity contribution is 5.40. The molecule has 1 unspecified atom stereocenters. The van der Waals surface area contributed by atoms with Crippen molar-refractivity contribution in [1.29, 1.82) is 5.26 Å². The first-order valence-corrected chi connectivity index (χ1v) is 7.64. The first kappa shape index (κ1) is 16.7. The minimum Gasteiger partial charge on any atom is -0.489 e. The highest BCUT2D eigenvalue weighted by Crippen LogP contribution is 2.25. The van der Waals surface area contributed by atoms with Gasteiger partial charge in [0, 0.05) is 0 Å². The van der Waals surface area contributed by atoms with E-state index in [4.69, 9.17) is 4.74 Å². The lowest BCUT2D eigenvalue weighted by Crippen LogP contribution is -2.25. The van der Waals surface area contributed by atoms with E-state index in [0.717, 1.165) is 11.3 Å². The van der Waals surface area contributed by atoms with Gasteiger partial charge >= 0.3 is 0 Å². The van der Waals surface area contributed by atoms with Crippen LogP contribution < -0.4 is 4.74 Å². The molecule has 0 spiro atoms. The maximum Gasteiger partial charge on any atom is 0.167 e. The Kier molecular flexibility index (Phi) is 5.48. The molecule has 0 fully saturated rings. The van der Waals surface area contributed by atoms with Crippen LogP contribution in [-0.4, -0.2) is 5.54 Å². The van der Waals surface area contributed by atoms with E-state index in [-0.39, 0.29) is 5.92 Å². The average Bonchev–Trinajstić information content (AvgIpc) is 2.59. The maximum atomic E-state index is 9.23. The van der Waals surface area contributed by atoms with Gasteiger partial charge < -0.3 is 4.74 Å². The van der Waals surface area contributed by atoms with Gasteiger partial charge in [0.05, 0.1) is 11.8 Å². The highest BCUT2D eigenvalue weighted by Gasteiger charge is 2.27. The second-order valence-corrected chi connectivity index (χ2v) is 5.88. The molecule has 4 heteroatoms. The van der Waals surface area contributed by atoms with Gasteiger partial charge in [-0.05, 0) is 42.7 Å². The van der Waals surface area contributed by atoms with E-state index in [1.807, 2.05) is 68.4 Å². The quantitative estimate of drug-likeness (QED) is 0.681. The van der Waals surface area contributed by atoms with E-state index in [1.54, 1.807) is 6.92 Å². The van der Waals surface area contributed by atoms with E-state index >= 15 is 0 Å². The molecule has 0 aliphatic rings. The Morgan fingerprint density at radius 1 is 1.09 bits per heavy atom. The summed E-state index contributed by atoms with van der Waals surface area (Å²) in [6.07, 6.45) is 0. The summed E-state index contributed by atoms with van der Waals surface area (Å²) in [4.78, 5) is 0. The topological polar surface area (TPSA) is 57.7 Å². The molecule has 23 heavy (non-hydrogen) atoms. The van der Waals surface area contributed by atoms with Crippen molar-refractivity contribution in [2.45, 2.75) is 32.9 Å². The summed E-state index contributed by atoms with van der Waals surface area (Å²) in [5.41, 5.74) is 1.03. The molecule has 2 rings (SSSR count). The van der Waals surface area contributed by atoms with Gasteiger partial charge in [-0.25, -0.2) is 0 Å². The molecule has 0 N–H and O–H groups in total. The van der Waals surface area contributed by atoms with Crippen molar-refractivity contribution in [3.63, 3.8) is 0 Å². The molecule has 118 valence electrons. The van der Waals surface area contributed by atoms with Crippen LogP contribution in [0, 0.1) is 17.2 Å². The fraction of sp³-hybridized carbons (Fsp3) is 0.316. The van der Waals surface area contributed by atoms with Crippen molar-refractivity contribution in [3.05, 3.63) is 60.2 Å². The number of nitrogens with zero attached hydrogens (tertiary/aromatic N) is 3. The predicted molar refractivity (Wildman–Crippen MR) is 90.6 cm³/mol. The van der Waals surface area contributed by atoms with E-state index in [0.29, 0.717) is 12.3 Å². The van der Waals surface area contributed by atoms with Crippen LogP contribution in [0.3, 0.4) is 0 Å². The van der Waals surface area contributed by atoms with Crippen LogP contribution >= 0.6 is 0 Å². The molecule has 0 aliphatic carbocycles. The lowest BCUT2D eigenvalue weighted by atomic mass is 9.91. The number of rotatable bonds is 6. The lowest BCUT2D eigenvalue weighted by Gasteiger charge is -2.18. The fourth-order valence-corrected chi connectivity index (χ4v) is 1.78. The Labute approximate surface area is 137 Å². The van der Waals surface area contributed by atoms with Crippen molar-refractivity contribution < 1.29 is 4.74 Å². The summed E-state index contributed by atoms with van der Waals surface area (Å²) in [7, 11) is 0. The van der Waals surface area contributed by atoms with Crippen molar-refractivity contribution in [3.8, 4) is 11.8 Å². The number of azo groups is 1. The van der Waals surface area contributed by atoms with Crippen LogP contribution in [0.4, 0.5) is 5.69 Å². The van der Waals surface area contributed by atoms with Crippen LogP contribution in [0.1, 0.15) is 26.3 Å². The molecule has 2 aromatic carbocycles. The zero-order valence-corrected chi connectivity index (χ0v) is 13.7. The third-order valence-electron chi connectivity index (χ3n) is 3.81. The summed E-state index contributed by atoms with van der Waals surface area (Å²) in [5, 5.41) is 17.6. The molecule has 0 saturated carbocycles. The molecule has 0 aromatic heterocycles. The number of benzene rings is 2. The van der Waals surface area contributed by atoms with Crippen LogP contribution in [-0.2, 0) is 6.61 Å². The smallest absolute Gasteiger partial charge is 0.167 e. The second-order valence-electron chi connectivity index (χ2n) is 5.88. The van der Waals surface area contributed by atoms with Gasteiger partial charge in [-0.1, -0.05) is 44.2 Å². The number of hydrogen-bond donors (Lipinski definition) is 0. The zero-order valence-electron chi connectivity index (χ0n) is 13.7. The molecule has 0 aliphatic heterocycles. The molecule has 0 amide bonds. The van der Waals surface area contributed by atoms with Gasteiger partial charge in [0.2, 0.25) is 0 Å². The zero-order chi connectivity index (χ0) is 16.7. The molecule has 0 radical (unpaired) electrons. The summed E-state index contributed by atoms with van der Waals surface area (Å²) in [6.45, 7) is 6.24. The Bertz CT molecular complexity index is 687. The summed E-state index contributed by atoms with van der Waals surface area (Å²) in [6, 6.07) is 19.6. The van der Waals surface area contributed by atoms with E-state index in [2.05, 4.69) is 16.3 Å². The third-order valence-corrected chi connectivity index (χ3v) is 3.81. The molecule has 4 nitrogen and oxygen atoms in total. The Morgan fingerprint density at radius 2 is 1.74 bits per heavy atom.